The minimum Gasteiger partial charge on any atom is -0.410 e. The third-order valence-corrected chi connectivity index (χ3v) is 20.3. The lowest BCUT2D eigenvalue weighted by atomic mass is 9.80. The highest BCUT2D eigenvalue weighted by molar-refractivity contribution is 9.10. The molecule has 117 heavy (non-hydrogen) atoms. The molecular formula is C78H69BBrCl5F5N19O8. The van der Waals surface area contributed by atoms with Gasteiger partial charge < -0.3 is 41.5 Å². The second kappa shape index (κ2) is 38.6. The molecule has 12 heterocycles. The molecule has 15 rings (SSSR count). The van der Waals surface area contributed by atoms with Gasteiger partial charge in [-0.3, -0.25) is 38.5 Å². The Morgan fingerprint density at radius 3 is 1.51 bits per heavy atom. The van der Waals surface area contributed by atoms with Crippen molar-refractivity contribution in [2.45, 2.75) is 111 Å². The molecule has 0 aliphatic carbocycles. The molecule has 8 aromatic heterocycles. The molecule has 4 aliphatic rings. The van der Waals surface area contributed by atoms with Crippen LogP contribution in [0.2, 0.25) is 25.1 Å². The lowest BCUT2D eigenvalue weighted by molar-refractivity contribution is -0.132. The van der Waals surface area contributed by atoms with Gasteiger partial charge in [-0.2, -0.15) is 37.2 Å². The molecule has 0 radical (unpaired) electrons. The normalized spacial score (nSPS) is 13.8. The number of anilines is 1. The molecular weight excluding hydrogens is 1690 g/mol. The number of nitrogens with zero attached hydrogens (tertiary/aromatic N) is 14. The summed E-state index contributed by atoms with van der Waals surface area (Å²) in [7, 11) is -0.564. The van der Waals surface area contributed by atoms with Crippen LogP contribution in [0.1, 0.15) is 105 Å². The number of carbonyl (C=O) groups excluding carboxylic acids is 5. The summed E-state index contributed by atoms with van der Waals surface area (Å²) in [4.78, 5) is 86.3. The summed E-state index contributed by atoms with van der Waals surface area (Å²) < 4.78 is 87.5. The molecule has 4 aliphatic heterocycles. The van der Waals surface area contributed by atoms with Crippen LogP contribution in [0.5, 0.6) is 5.75 Å². The van der Waals surface area contributed by atoms with Crippen molar-refractivity contribution in [2.75, 3.05) is 18.4 Å². The number of para-hydroxylation sites is 1. The molecule has 39 heteroatoms. The number of aryl methyl sites for hydroxylation is 3. The standard InChI is InChI=1S/C22H18ClFN6O2.C15H12N2O2.C13H12ClFN4O.C12H11ClFN5O.C11H14BClFNO2.C5H2BrClFN/c1-12-7-13(3-4-16(12)26-2)8-18(31)29-5-6-30-17(11-29)19(22(25)32)20(28-30)14-9-15(23)21(24)27-10-14;1-11-10-12(8-9-14(11)16-2)17-15(18)19-13-6-4-3-5-7-13;14-8-5-7(6-17-12(8)15)11-10(13(16)20)9-3-1-2-4-19(9)18-11;13-7-3-6(4-17-11(7)14)10-9(12(15)20)8-5-16-1-2-19(8)18-10;1-10(2)11(3,4)17-12(16-10)7-5-8(13)9(14)15-6-7;6-3-1-4(7)5(8)9-2-3/h3-4,7,9-10H,5-6,8,11H2,1H3,(H2,25,32);3-10H,1H3,(H,17,18);5-6H,1-4H2,(H2,16,20);3-4,16H,1-2,5H2,(H2,15,20);5-6H,1-4H3;1-2H. The second-order valence-corrected chi connectivity index (χ2v) is 30.1. The van der Waals surface area contributed by atoms with Crippen molar-refractivity contribution in [2.24, 2.45) is 17.2 Å². The lowest BCUT2D eigenvalue weighted by Gasteiger charge is -2.32. The van der Waals surface area contributed by atoms with E-state index in [1.807, 2.05) is 53.7 Å². The van der Waals surface area contributed by atoms with Crippen LogP contribution in [0.25, 0.3) is 43.5 Å². The van der Waals surface area contributed by atoms with Gasteiger partial charge in [0, 0.05) is 89.5 Å². The predicted octanol–water partition coefficient (Wildman–Crippen LogP) is 15.4. The Balaban J connectivity index is 0.000000153. The third kappa shape index (κ3) is 21.7. The Labute approximate surface area is 700 Å². The summed E-state index contributed by atoms with van der Waals surface area (Å²) in [6, 6.07) is 26.3. The zero-order chi connectivity index (χ0) is 84.9. The molecule has 604 valence electrons. The fourth-order valence-electron chi connectivity index (χ4n) is 12.1. The number of ether oxygens (including phenoxy) is 1. The molecule has 27 nitrogen and oxygen atoms in total. The van der Waals surface area contributed by atoms with Crippen LogP contribution in [0.4, 0.5) is 43.8 Å². The molecule has 5 amide bonds. The molecule has 0 unspecified atom stereocenters. The van der Waals surface area contributed by atoms with E-state index in [1.54, 1.807) is 73.5 Å². The van der Waals surface area contributed by atoms with Gasteiger partial charge >= 0.3 is 13.2 Å². The summed E-state index contributed by atoms with van der Waals surface area (Å²) >= 11 is 31.4. The average molecular weight is 1760 g/mol. The van der Waals surface area contributed by atoms with Crippen LogP contribution in [0.3, 0.4) is 0 Å². The molecule has 0 saturated carbocycles. The van der Waals surface area contributed by atoms with Crippen molar-refractivity contribution in [3.05, 3.63) is 261 Å². The number of amides is 5. The Kier molecular flexibility index (Phi) is 29.1. The van der Waals surface area contributed by atoms with E-state index in [1.165, 1.54) is 61.3 Å². The van der Waals surface area contributed by atoms with Crippen LogP contribution in [0, 0.1) is 56.7 Å². The van der Waals surface area contributed by atoms with E-state index in [0.29, 0.717) is 104 Å². The largest absolute Gasteiger partial charge is 0.496 e. The van der Waals surface area contributed by atoms with E-state index in [0.717, 1.165) is 60.4 Å². The Bertz CT molecular complexity index is 5580. The zero-order valence-corrected chi connectivity index (χ0v) is 68.3. The van der Waals surface area contributed by atoms with Crippen molar-refractivity contribution >= 4 is 133 Å². The van der Waals surface area contributed by atoms with Crippen LogP contribution in [0.15, 0.2) is 133 Å². The zero-order valence-electron chi connectivity index (χ0n) is 62.9. The summed E-state index contributed by atoms with van der Waals surface area (Å²) in [6.45, 7) is 29.1. The van der Waals surface area contributed by atoms with Gasteiger partial charge in [0.15, 0.2) is 11.4 Å². The van der Waals surface area contributed by atoms with E-state index in [-0.39, 0.29) is 55.2 Å². The lowest BCUT2D eigenvalue weighted by Crippen LogP contribution is -2.41. The van der Waals surface area contributed by atoms with Crippen LogP contribution in [-0.2, 0) is 59.7 Å². The summed E-state index contributed by atoms with van der Waals surface area (Å²) in [6.07, 6.45) is 8.93. The number of benzene rings is 3. The van der Waals surface area contributed by atoms with Gasteiger partial charge in [0.1, 0.15) is 22.8 Å². The highest BCUT2D eigenvalue weighted by atomic mass is 79.9. The fraction of sp³-hybridized carbons (Fsp3) is 0.244. The smallest absolute Gasteiger partial charge is 0.410 e. The van der Waals surface area contributed by atoms with E-state index < -0.39 is 71.9 Å². The van der Waals surface area contributed by atoms with E-state index >= 15 is 0 Å². The van der Waals surface area contributed by atoms with Crippen LogP contribution >= 0.6 is 73.9 Å². The first-order chi connectivity index (χ1) is 55.5. The number of nitrogens with two attached hydrogens (primary N) is 3. The van der Waals surface area contributed by atoms with Crippen molar-refractivity contribution in [1.29, 1.82) is 0 Å². The molecule has 1 saturated heterocycles. The van der Waals surface area contributed by atoms with Crippen LogP contribution < -0.4 is 38.0 Å². The number of pyridine rings is 5. The number of halogens is 11. The summed E-state index contributed by atoms with van der Waals surface area (Å²) in [5, 5.41) is 18.6. The maximum atomic E-state index is 13.5. The van der Waals surface area contributed by atoms with Crippen molar-refractivity contribution in [1.82, 2.24) is 64.5 Å². The monoisotopic (exact) mass is 1760 g/mol. The van der Waals surface area contributed by atoms with Crippen molar-refractivity contribution in [3.8, 4) is 39.5 Å². The van der Waals surface area contributed by atoms with Gasteiger partial charge in [-0.15, -0.1) is 0 Å². The molecule has 11 aromatic rings. The number of hydrogen-bond donors (Lipinski definition) is 5. The molecule has 8 N–H and O–H groups in total. The maximum absolute atomic E-state index is 13.5. The molecule has 0 atom stereocenters. The Morgan fingerprint density at radius 2 is 1.03 bits per heavy atom. The van der Waals surface area contributed by atoms with Crippen LogP contribution in [-0.4, -0.2) is 120 Å². The topological polar surface area (TPSA) is 345 Å². The Morgan fingerprint density at radius 1 is 0.573 bits per heavy atom. The summed E-state index contributed by atoms with van der Waals surface area (Å²) in [5.41, 5.74) is 25.7. The first kappa shape index (κ1) is 88.1. The van der Waals surface area contributed by atoms with Gasteiger partial charge in [-0.05, 0) is 148 Å². The first-order valence-corrected chi connectivity index (χ1v) is 38.0. The number of fused-ring (bicyclic) bond motifs is 3. The van der Waals surface area contributed by atoms with Gasteiger partial charge in [0.2, 0.25) is 35.6 Å². The number of aromatic nitrogens is 11. The number of rotatable bonds is 11. The number of carbonyl (C=O) groups is 5. The second-order valence-electron chi connectivity index (χ2n) is 27.1. The fourth-order valence-corrected chi connectivity index (χ4v) is 13.4. The maximum Gasteiger partial charge on any atom is 0.496 e. The third-order valence-electron chi connectivity index (χ3n) is 18.6. The van der Waals surface area contributed by atoms with Gasteiger partial charge in [-0.1, -0.05) is 100 Å². The number of nitrogens with one attached hydrogen (secondary N) is 2. The minimum atomic E-state index is -0.823. The van der Waals surface area contributed by atoms with E-state index in [2.05, 4.69) is 76.5 Å². The first-order valence-electron chi connectivity index (χ1n) is 35.3. The van der Waals surface area contributed by atoms with E-state index in [9.17, 15) is 45.9 Å². The Hall–Kier alpha value is -11.3. The van der Waals surface area contributed by atoms with Gasteiger partial charge in [-0.25, -0.2) is 39.4 Å². The number of hydrogen-bond acceptors (Lipinski definition) is 17. The van der Waals surface area contributed by atoms with Crippen molar-refractivity contribution < 1.29 is 60.0 Å². The minimum absolute atomic E-state index is 0.0304. The molecule has 0 spiro atoms. The van der Waals surface area contributed by atoms with E-state index in [4.69, 9.17) is 102 Å². The summed E-state index contributed by atoms with van der Waals surface area (Å²) in [5.74, 6) is -5.12. The number of primary amides is 3. The average Bonchev–Trinajstić information content (AvgIpc) is 1.64. The quantitative estimate of drug-likeness (QED) is 0.0347. The van der Waals surface area contributed by atoms with Gasteiger partial charge in [0.25, 0.3) is 17.7 Å². The highest BCUT2D eigenvalue weighted by Gasteiger charge is 2.52. The van der Waals surface area contributed by atoms with Crippen molar-refractivity contribution in [3.63, 3.8) is 0 Å². The molecule has 0 bridgehead atoms. The SMILES string of the molecule is CC1(C)OB(c2cnc(F)c(Cl)c2)OC1(C)C.Fc1ncc(Br)cc1Cl.NC(=O)c1c(-c2cnc(F)c(Cl)c2)nn2c1CCCC2.NC(=O)c1c(-c2cnc(F)c(Cl)c2)nn2c1CNCC2.[C-]#[N+]c1ccc(CC(=O)N2CCn3nc(-c4cnc(F)c(Cl)c4)c(C(N)=O)c3C2)cc1C.[C-]#[N+]c1ccc(NC(=O)Oc2ccccc2)cc1C. The molecule has 3 aromatic carbocycles. The van der Waals surface area contributed by atoms with Gasteiger partial charge in [0.05, 0.1) is 109 Å². The predicted molar refractivity (Wildman–Crippen MR) is 433 cm³/mol. The molecule has 1 fully saturated rings. The highest BCUT2D eigenvalue weighted by Crippen LogP contribution is 2.38.